The maximum Gasteiger partial charge on any atom is 0.254 e. The van der Waals surface area contributed by atoms with Gasteiger partial charge in [0.2, 0.25) is 5.91 Å². The van der Waals surface area contributed by atoms with E-state index in [4.69, 9.17) is 4.74 Å². The van der Waals surface area contributed by atoms with Crippen LogP contribution in [0.5, 0.6) is 0 Å². The zero-order valence-corrected chi connectivity index (χ0v) is 13.9. The lowest BCUT2D eigenvalue weighted by atomic mass is 10.1. The highest BCUT2D eigenvalue weighted by atomic mass is 16.5. The Bertz CT molecular complexity index is 567. The molecule has 0 aliphatic carbocycles. The molecular formula is C18H25N3O3. The van der Waals surface area contributed by atoms with Crippen molar-refractivity contribution in [3.63, 3.8) is 0 Å². The van der Waals surface area contributed by atoms with Crippen molar-refractivity contribution in [3.05, 3.63) is 35.4 Å². The van der Waals surface area contributed by atoms with Crippen LogP contribution in [-0.2, 0) is 16.1 Å². The van der Waals surface area contributed by atoms with E-state index in [0.717, 1.165) is 30.5 Å². The number of hydrogen-bond acceptors (Lipinski definition) is 4. The smallest absolute Gasteiger partial charge is 0.254 e. The Morgan fingerprint density at radius 1 is 1.25 bits per heavy atom. The number of ether oxygens (including phenoxy) is 1. The Kier molecular flexibility index (Phi) is 5.82. The van der Waals surface area contributed by atoms with Gasteiger partial charge in [0, 0.05) is 44.2 Å². The van der Waals surface area contributed by atoms with Crippen molar-refractivity contribution in [1.82, 2.24) is 15.5 Å². The third-order valence-corrected chi connectivity index (χ3v) is 4.58. The molecule has 0 radical (unpaired) electrons. The van der Waals surface area contributed by atoms with Crippen molar-refractivity contribution in [3.8, 4) is 0 Å². The van der Waals surface area contributed by atoms with Crippen molar-refractivity contribution < 1.29 is 14.3 Å². The van der Waals surface area contributed by atoms with Gasteiger partial charge in [0.1, 0.15) is 0 Å². The second-order valence-corrected chi connectivity index (χ2v) is 6.38. The molecule has 1 aromatic rings. The lowest BCUT2D eigenvalue weighted by Crippen LogP contribution is -2.40. The third kappa shape index (κ3) is 4.55. The second-order valence-electron chi connectivity index (χ2n) is 6.38. The van der Waals surface area contributed by atoms with E-state index < -0.39 is 0 Å². The molecule has 1 aromatic carbocycles. The lowest BCUT2D eigenvalue weighted by molar-refractivity contribution is -0.121. The molecule has 2 amide bonds. The molecule has 6 heteroatoms. The Morgan fingerprint density at radius 3 is 2.75 bits per heavy atom. The molecule has 2 aliphatic heterocycles. The topological polar surface area (TPSA) is 70.7 Å². The van der Waals surface area contributed by atoms with E-state index in [1.807, 2.05) is 29.2 Å². The number of hydrogen-bond donors (Lipinski definition) is 2. The van der Waals surface area contributed by atoms with Gasteiger partial charge in [-0.25, -0.2) is 0 Å². The zero-order valence-electron chi connectivity index (χ0n) is 13.9. The highest BCUT2D eigenvalue weighted by Crippen LogP contribution is 2.11. The van der Waals surface area contributed by atoms with Gasteiger partial charge in [0.25, 0.3) is 5.91 Å². The van der Waals surface area contributed by atoms with Gasteiger partial charge in [-0.3, -0.25) is 9.59 Å². The molecule has 2 saturated heterocycles. The third-order valence-electron chi connectivity index (χ3n) is 4.58. The summed E-state index contributed by atoms with van der Waals surface area (Å²) in [7, 11) is 0. The molecular weight excluding hydrogens is 306 g/mol. The van der Waals surface area contributed by atoms with Gasteiger partial charge in [0.15, 0.2) is 0 Å². The van der Waals surface area contributed by atoms with Gasteiger partial charge >= 0.3 is 0 Å². The van der Waals surface area contributed by atoms with E-state index >= 15 is 0 Å². The van der Waals surface area contributed by atoms with Gasteiger partial charge in [0.05, 0.1) is 13.2 Å². The standard InChI is InChI=1S/C18H25N3O3/c22-17-12-16(2-1-7-19-17)20-13-14-3-5-15(6-4-14)18(23)21-8-10-24-11-9-21/h3-6,16,20H,1-2,7-13H2,(H,19,22). The minimum Gasteiger partial charge on any atom is -0.378 e. The van der Waals surface area contributed by atoms with Crippen LogP contribution in [0.25, 0.3) is 0 Å². The molecule has 0 bridgehead atoms. The largest absolute Gasteiger partial charge is 0.378 e. The summed E-state index contributed by atoms with van der Waals surface area (Å²) in [6.07, 6.45) is 2.55. The Labute approximate surface area is 142 Å². The molecule has 2 fully saturated rings. The van der Waals surface area contributed by atoms with Gasteiger partial charge < -0.3 is 20.3 Å². The first-order valence-corrected chi connectivity index (χ1v) is 8.68. The predicted octanol–water partition coefficient (Wildman–Crippen LogP) is 0.917. The number of carbonyl (C=O) groups excluding carboxylic acids is 2. The van der Waals surface area contributed by atoms with E-state index in [2.05, 4.69) is 10.6 Å². The van der Waals surface area contributed by atoms with E-state index in [1.54, 1.807) is 0 Å². The molecule has 24 heavy (non-hydrogen) atoms. The van der Waals surface area contributed by atoms with Gasteiger partial charge in [-0.15, -0.1) is 0 Å². The highest BCUT2D eigenvalue weighted by Gasteiger charge is 2.19. The van der Waals surface area contributed by atoms with Gasteiger partial charge in [-0.05, 0) is 30.5 Å². The van der Waals surface area contributed by atoms with Crippen LogP contribution in [0.15, 0.2) is 24.3 Å². The highest BCUT2D eigenvalue weighted by molar-refractivity contribution is 5.94. The maximum absolute atomic E-state index is 12.4. The number of morpholine rings is 1. The fourth-order valence-corrected chi connectivity index (χ4v) is 3.12. The van der Waals surface area contributed by atoms with Crippen molar-refractivity contribution >= 4 is 11.8 Å². The molecule has 1 unspecified atom stereocenters. The van der Waals surface area contributed by atoms with Crippen molar-refractivity contribution in [2.75, 3.05) is 32.8 Å². The van der Waals surface area contributed by atoms with Gasteiger partial charge in [-0.2, -0.15) is 0 Å². The number of rotatable bonds is 4. The Balaban J connectivity index is 1.52. The van der Waals surface area contributed by atoms with Crippen molar-refractivity contribution in [1.29, 1.82) is 0 Å². The minimum absolute atomic E-state index is 0.0678. The van der Waals surface area contributed by atoms with Crippen LogP contribution in [-0.4, -0.2) is 55.6 Å². The number of benzene rings is 1. The normalized spacial score (nSPS) is 21.9. The van der Waals surface area contributed by atoms with Gasteiger partial charge in [-0.1, -0.05) is 12.1 Å². The first-order valence-electron chi connectivity index (χ1n) is 8.68. The van der Waals surface area contributed by atoms with Crippen LogP contribution in [0.1, 0.15) is 35.2 Å². The average molecular weight is 331 g/mol. The van der Waals surface area contributed by atoms with Crippen molar-refractivity contribution in [2.24, 2.45) is 0 Å². The minimum atomic E-state index is 0.0678. The number of carbonyl (C=O) groups is 2. The molecule has 0 aromatic heterocycles. The SMILES string of the molecule is O=C1CC(NCc2ccc(C(=O)N3CCOCC3)cc2)CCCN1. The Hall–Kier alpha value is -1.92. The number of amides is 2. The van der Waals surface area contributed by atoms with E-state index in [-0.39, 0.29) is 17.9 Å². The molecule has 2 heterocycles. The summed E-state index contributed by atoms with van der Waals surface area (Å²) < 4.78 is 5.28. The lowest BCUT2D eigenvalue weighted by Gasteiger charge is -2.26. The van der Waals surface area contributed by atoms with Crippen LogP contribution in [0.3, 0.4) is 0 Å². The summed E-state index contributed by atoms with van der Waals surface area (Å²) in [5.41, 5.74) is 1.84. The fourth-order valence-electron chi connectivity index (χ4n) is 3.12. The van der Waals surface area contributed by atoms with E-state index in [9.17, 15) is 9.59 Å². The molecule has 2 N–H and O–H groups in total. The first kappa shape index (κ1) is 16.9. The predicted molar refractivity (Wildman–Crippen MR) is 90.7 cm³/mol. The number of nitrogens with one attached hydrogen (secondary N) is 2. The monoisotopic (exact) mass is 331 g/mol. The molecule has 3 rings (SSSR count). The van der Waals surface area contributed by atoms with Crippen LogP contribution >= 0.6 is 0 Å². The van der Waals surface area contributed by atoms with Crippen LogP contribution in [0.2, 0.25) is 0 Å². The summed E-state index contributed by atoms with van der Waals surface area (Å²) in [5, 5.41) is 6.34. The summed E-state index contributed by atoms with van der Waals surface area (Å²) in [4.78, 5) is 25.8. The van der Waals surface area contributed by atoms with Crippen molar-refractivity contribution in [2.45, 2.75) is 31.8 Å². The van der Waals surface area contributed by atoms with E-state index in [1.165, 1.54) is 0 Å². The summed E-state index contributed by atoms with van der Waals surface area (Å²) in [5.74, 6) is 0.190. The zero-order chi connectivity index (χ0) is 16.8. The van der Waals surface area contributed by atoms with Crippen LogP contribution in [0.4, 0.5) is 0 Å². The second kappa shape index (κ2) is 8.26. The molecule has 1 atom stereocenters. The maximum atomic E-state index is 12.4. The van der Waals surface area contributed by atoms with Crippen LogP contribution in [0, 0.1) is 0 Å². The first-order chi connectivity index (χ1) is 11.7. The molecule has 0 saturated carbocycles. The fraction of sp³-hybridized carbons (Fsp3) is 0.556. The summed E-state index contributed by atoms with van der Waals surface area (Å²) in [6, 6.07) is 7.96. The molecule has 130 valence electrons. The van der Waals surface area contributed by atoms with Crippen LogP contribution < -0.4 is 10.6 Å². The molecule has 2 aliphatic rings. The average Bonchev–Trinajstić information content (AvgIpc) is 2.84. The molecule has 6 nitrogen and oxygen atoms in total. The molecule has 0 spiro atoms. The Morgan fingerprint density at radius 2 is 2.00 bits per heavy atom. The summed E-state index contributed by atoms with van der Waals surface area (Å²) >= 11 is 0. The quantitative estimate of drug-likeness (QED) is 0.861. The summed E-state index contributed by atoms with van der Waals surface area (Å²) in [6.45, 7) is 4.03. The number of nitrogens with zero attached hydrogens (tertiary/aromatic N) is 1. The van der Waals surface area contributed by atoms with E-state index in [0.29, 0.717) is 39.3 Å².